The molecule has 0 saturated carbocycles. The summed E-state index contributed by atoms with van der Waals surface area (Å²) in [7, 11) is 0. The minimum atomic E-state index is 0.601. The van der Waals surface area contributed by atoms with Gasteiger partial charge in [-0.3, -0.25) is 0 Å². The van der Waals surface area contributed by atoms with E-state index in [4.69, 9.17) is 13.8 Å². The predicted octanol–water partition coefficient (Wildman–Crippen LogP) is 15.7. The van der Waals surface area contributed by atoms with Crippen LogP contribution in [0.25, 0.3) is 97.7 Å². The number of anilines is 3. The number of hydrogen-bond acceptors (Lipinski definition) is 5. The van der Waals surface area contributed by atoms with E-state index in [1.807, 2.05) is 47.7 Å². The SMILES string of the molecule is c1ccc(-c2ccc(N(c3cccc4c3oc3c5ccccc5cc(-c5cccc6oc(-c7ccccc7)nc56)c43)c3cccc4c3sc3ccccc34)cc2)cc1. The Morgan fingerprint density at radius 3 is 1.93 bits per heavy atom. The molecule has 0 aliphatic rings. The van der Waals surface area contributed by atoms with Crippen LogP contribution >= 0.6 is 11.3 Å². The highest BCUT2D eigenvalue weighted by molar-refractivity contribution is 7.26. The van der Waals surface area contributed by atoms with E-state index in [0.29, 0.717) is 5.89 Å². The Kier molecular flexibility index (Phi) is 7.37. The second kappa shape index (κ2) is 13.1. The van der Waals surface area contributed by atoms with Crippen molar-refractivity contribution in [2.75, 3.05) is 4.90 Å². The molecule has 0 bridgehead atoms. The summed E-state index contributed by atoms with van der Waals surface area (Å²) in [6.45, 7) is 0. The Bertz CT molecular complexity index is 3510. The molecule has 0 spiro atoms. The number of furan rings is 1. The van der Waals surface area contributed by atoms with Crippen molar-refractivity contribution in [2.45, 2.75) is 0 Å². The van der Waals surface area contributed by atoms with Crippen molar-refractivity contribution >= 4 is 92.4 Å². The predicted molar refractivity (Wildman–Crippen MR) is 243 cm³/mol. The highest BCUT2D eigenvalue weighted by Crippen LogP contribution is 2.50. The average molecular weight is 761 g/mol. The molecule has 0 unspecified atom stereocenters. The van der Waals surface area contributed by atoms with Crippen LogP contribution in [0, 0.1) is 0 Å². The molecule has 0 aliphatic heterocycles. The number of hydrogen-bond donors (Lipinski definition) is 0. The molecule has 9 aromatic carbocycles. The van der Waals surface area contributed by atoms with Crippen LogP contribution in [-0.2, 0) is 0 Å². The third kappa shape index (κ3) is 5.11. The lowest BCUT2D eigenvalue weighted by molar-refractivity contribution is 0.620. The van der Waals surface area contributed by atoms with Crippen molar-refractivity contribution in [3.63, 3.8) is 0 Å². The minimum absolute atomic E-state index is 0.601. The van der Waals surface area contributed by atoms with Crippen LogP contribution in [-0.4, -0.2) is 4.98 Å². The van der Waals surface area contributed by atoms with Gasteiger partial charge in [-0.25, -0.2) is 4.98 Å². The first-order valence-corrected chi connectivity index (χ1v) is 20.3. The molecule has 0 aliphatic carbocycles. The van der Waals surface area contributed by atoms with E-state index in [9.17, 15) is 0 Å². The van der Waals surface area contributed by atoms with Gasteiger partial charge in [0.15, 0.2) is 11.2 Å². The zero-order valence-corrected chi connectivity index (χ0v) is 31.9. The Morgan fingerprint density at radius 2 is 1.10 bits per heavy atom. The first-order valence-electron chi connectivity index (χ1n) is 19.4. The highest BCUT2D eigenvalue weighted by Gasteiger charge is 2.25. The van der Waals surface area contributed by atoms with Crippen LogP contribution in [0.1, 0.15) is 0 Å². The summed E-state index contributed by atoms with van der Waals surface area (Å²) in [6, 6.07) is 68.4. The van der Waals surface area contributed by atoms with Crippen LogP contribution in [0.5, 0.6) is 0 Å². The Morgan fingerprint density at radius 1 is 0.448 bits per heavy atom. The summed E-state index contributed by atoms with van der Waals surface area (Å²) in [5.74, 6) is 0.601. The first-order chi connectivity index (χ1) is 28.8. The van der Waals surface area contributed by atoms with E-state index in [1.54, 1.807) is 0 Å². The van der Waals surface area contributed by atoms with Crippen molar-refractivity contribution in [1.82, 2.24) is 4.98 Å². The van der Waals surface area contributed by atoms with Gasteiger partial charge in [0, 0.05) is 48.4 Å². The first kappa shape index (κ1) is 32.7. The largest absolute Gasteiger partial charge is 0.453 e. The lowest BCUT2D eigenvalue weighted by Gasteiger charge is -2.26. The molecule has 5 heteroatoms. The van der Waals surface area contributed by atoms with Gasteiger partial charge < -0.3 is 13.7 Å². The molecule has 0 fully saturated rings. The second-order valence-electron chi connectivity index (χ2n) is 14.6. The van der Waals surface area contributed by atoms with E-state index >= 15 is 0 Å². The maximum absolute atomic E-state index is 7.25. The van der Waals surface area contributed by atoms with Crippen LogP contribution in [0.4, 0.5) is 17.1 Å². The molecule has 0 amide bonds. The third-order valence-electron chi connectivity index (χ3n) is 11.3. The smallest absolute Gasteiger partial charge is 0.227 e. The fourth-order valence-corrected chi connectivity index (χ4v) is 9.83. The molecule has 12 aromatic rings. The molecule has 0 atom stereocenters. The second-order valence-corrected chi connectivity index (χ2v) is 15.7. The van der Waals surface area contributed by atoms with Crippen LogP contribution < -0.4 is 4.90 Å². The van der Waals surface area contributed by atoms with Gasteiger partial charge in [-0.2, -0.15) is 0 Å². The monoisotopic (exact) mass is 760 g/mol. The number of benzene rings is 9. The Labute approximate surface area is 337 Å². The summed E-state index contributed by atoms with van der Waals surface area (Å²) in [6.07, 6.45) is 0. The van der Waals surface area contributed by atoms with Crippen LogP contribution in [0.3, 0.4) is 0 Å². The number of nitrogens with zero attached hydrogens (tertiary/aromatic N) is 2. The Hall–Kier alpha value is -7.47. The summed E-state index contributed by atoms with van der Waals surface area (Å²) >= 11 is 1.83. The van der Waals surface area contributed by atoms with Gasteiger partial charge >= 0.3 is 0 Å². The van der Waals surface area contributed by atoms with Gasteiger partial charge in [0.05, 0.1) is 16.1 Å². The molecule has 272 valence electrons. The molecule has 58 heavy (non-hydrogen) atoms. The standard InChI is InChI=1S/C53H32N2O2S/c1-3-14-33(15-4-1)34-28-30-37(31-29-34)55(45-25-11-22-41-39-20-9-10-27-47(39)58-52(41)45)44-24-12-23-42-48-43(32-36-18-7-8-19-38(36)51(48)57-50(42)44)40-21-13-26-46-49(40)54-53(56-46)35-16-5-2-6-17-35/h1-32H. The van der Waals surface area contributed by atoms with Gasteiger partial charge in [0.25, 0.3) is 0 Å². The van der Waals surface area contributed by atoms with E-state index in [1.165, 1.54) is 31.3 Å². The quantitative estimate of drug-likeness (QED) is 0.169. The molecule has 12 rings (SSSR count). The van der Waals surface area contributed by atoms with Crippen molar-refractivity contribution in [1.29, 1.82) is 0 Å². The molecule has 0 saturated heterocycles. The van der Waals surface area contributed by atoms with Gasteiger partial charge in [-0.1, -0.05) is 140 Å². The highest BCUT2D eigenvalue weighted by atomic mass is 32.1. The minimum Gasteiger partial charge on any atom is -0.453 e. The van der Waals surface area contributed by atoms with Crippen LogP contribution in [0.2, 0.25) is 0 Å². The number of thiophene rings is 1. The Balaban J connectivity index is 1.13. The molecular weight excluding hydrogens is 729 g/mol. The summed E-state index contributed by atoms with van der Waals surface area (Å²) in [5, 5.41) is 6.74. The van der Waals surface area contributed by atoms with Gasteiger partial charge in [-0.05, 0) is 76.7 Å². The van der Waals surface area contributed by atoms with E-state index in [2.05, 4.69) is 163 Å². The van der Waals surface area contributed by atoms with Crippen molar-refractivity contribution in [3.8, 4) is 33.7 Å². The molecule has 3 heterocycles. The average Bonchev–Trinajstić information content (AvgIpc) is 4.02. The topological polar surface area (TPSA) is 42.4 Å². The molecule has 0 N–H and O–H groups in total. The van der Waals surface area contributed by atoms with E-state index in [0.717, 1.165) is 77.6 Å². The lowest BCUT2D eigenvalue weighted by atomic mass is 9.94. The van der Waals surface area contributed by atoms with Gasteiger partial charge in [0.2, 0.25) is 5.89 Å². The van der Waals surface area contributed by atoms with Crippen molar-refractivity contribution in [2.24, 2.45) is 0 Å². The number of aromatic nitrogens is 1. The van der Waals surface area contributed by atoms with Crippen LogP contribution in [0.15, 0.2) is 203 Å². The number of oxazole rings is 1. The van der Waals surface area contributed by atoms with Crippen molar-refractivity contribution < 1.29 is 8.83 Å². The molecule has 4 nitrogen and oxygen atoms in total. The molecular formula is C53H32N2O2S. The number of fused-ring (bicyclic) bond motifs is 9. The van der Waals surface area contributed by atoms with Crippen molar-refractivity contribution in [3.05, 3.63) is 194 Å². The maximum Gasteiger partial charge on any atom is 0.227 e. The zero-order valence-electron chi connectivity index (χ0n) is 31.1. The summed E-state index contributed by atoms with van der Waals surface area (Å²) < 4.78 is 16.1. The van der Waals surface area contributed by atoms with Gasteiger partial charge in [-0.15, -0.1) is 11.3 Å². The molecule has 3 aromatic heterocycles. The fraction of sp³-hybridized carbons (Fsp3) is 0. The van der Waals surface area contributed by atoms with E-state index in [-0.39, 0.29) is 0 Å². The summed E-state index contributed by atoms with van der Waals surface area (Å²) in [4.78, 5) is 7.49. The number of para-hydroxylation sites is 2. The lowest BCUT2D eigenvalue weighted by Crippen LogP contribution is -2.10. The maximum atomic E-state index is 7.25. The third-order valence-corrected chi connectivity index (χ3v) is 12.5. The molecule has 0 radical (unpaired) electrons. The summed E-state index contributed by atoms with van der Waals surface area (Å²) in [5.41, 5.74) is 11.7. The van der Waals surface area contributed by atoms with Gasteiger partial charge in [0.1, 0.15) is 11.1 Å². The number of rotatable bonds is 6. The zero-order chi connectivity index (χ0) is 38.2. The van der Waals surface area contributed by atoms with E-state index < -0.39 is 0 Å². The normalized spacial score (nSPS) is 11.8. The fourth-order valence-electron chi connectivity index (χ4n) is 8.63.